The van der Waals surface area contributed by atoms with Crippen molar-refractivity contribution in [2.75, 3.05) is 24.3 Å². The molecule has 2 rings (SSSR count). The van der Waals surface area contributed by atoms with E-state index in [0.717, 1.165) is 18.5 Å². The number of hydrogen-bond acceptors (Lipinski definition) is 4. The highest BCUT2D eigenvalue weighted by Gasteiger charge is 2.29. The summed E-state index contributed by atoms with van der Waals surface area (Å²) >= 11 is 0. The molecule has 104 valence electrons. The molecule has 4 N–H and O–H groups in total. The average molecular weight is 263 g/mol. The molecule has 5 nitrogen and oxygen atoms in total. The standard InChI is InChI=1S/C14H21N3O2/c1-9-3-4-10(14(16)18)8-17(9)11-5-6-12(15)13(7-11)19-2/h5-7,9-10H,3-4,8,15H2,1-2H3,(H2,16,18). The van der Waals surface area contributed by atoms with Crippen LogP contribution in [0.25, 0.3) is 0 Å². The Morgan fingerprint density at radius 2 is 2.16 bits per heavy atom. The van der Waals surface area contributed by atoms with E-state index in [1.54, 1.807) is 7.11 Å². The molecule has 0 radical (unpaired) electrons. The zero-order chi connectivity index (χ0) is 14.0. The lowest BCUT2D eigenvalue weighted by Gasteiger charge is -2.38. The second-order valence-electron chi connectivity index (χ2n) is 5.10. The molecule has 1 aromatic rings. The summed E-state index contributed by atoms with van der Waals surface area (Å²) in [7, 11) is 1.60. The average Bonchev–Trinajstić information content (AvgIpc) is 2.40. The number of hydrogen-bond donors (Lipinski definition) is 2. The van der Waals surface area contributed by atoms with Crippen LogP contribution in [0.3, 0.4) is 0 Å². The van der Waals surface area contributed by atoms with Crippen LogP contribution in [0.5, 0.6) is 5.75 Å². The number of nitrogen functional groups attached to an aromatic ring is 1. The number of nitrogens with two attached hydrogens (primary N) is 2. The van der Waals surface area contributed by atoms with Crippen molar-refractivity contribution >= 4 is 17.3 Å². The predicted molar refractivity (Wildman–Crippen MR) is 76.1 cm³/mol. The molecule has 1 saturated heterocycles. The minimum absolute atomic E-state index is 0.0836. The van der Waals surface area contributed by atoms with E-state index in [1.165, 1.54) is 0 Å². The molecule has 1 aliphatic rings. The van der Waals surface area contributed by atoms with Crippen LogP contribution < -0.4 is 21.1 Å². The maximum Gasteiger partial charge on any atom is 0.222 e. The molecule has 1 heterocycles. The number of methoxy groups -OCH3 is 1. The third-order valence-corrected chi connectivity index (χ3v) is 3.83. The number of nitrogens with zero attached hydrogens (tertiary/aromatic N) is 1. The summed E-state index contributed by atoms with van der Waals surface area (Å²) in [6.07, 6.45) is 1.82. The lowest BCUT2D eigenvalue weighted by atomic mass is 9.92. The molecule has 0 saturated carbocycles. The maximum absolute atomic E-state index is 11.4. The first-order valence-corrected chi connectivity index (χ1v) is 6.52. The minimum atomic E-state index is -0.223. The van der Waals surface area contributed by atoms with Crippen molar-refractivity contribution < 1.29 is 9.53 Å². The van der Waals surface area contributed by atoms with Gasteiger partial charge in [-0.1, -0.05) is 0 Å². The molecule has 1 aromatic carbocycles. The summed E-state index contributed by atoms with van der Waals surface area (Å²) < 4.78 is 5.24. The first kappa shape index (κ1) is 13.5. The number of carbonyl (C=O) groups excluding carboxylic acids is 1. The predicted octanol–water partition coefficient (Wildman–Crippen LogP) is 1.37. The molecule has 0 aliphatic carbocycles. The number of primary amides is 1. The quantitative estimate of drug-likeness (QED) is 0.807. The smallest absolute Gasteiger partial charge is 0.222 e. The Morgan fingerprint density at radius 1 is 1.42 bits per heavy atom. The van der Waals surface area contributed by atoms with Crippen molar-refractivity contribution in [1.82, 2.24) is 0 Å². The van der Waals surface area contributed by atoms with Gasteiger partial charge in [0.25, 0.3) is 0 Å². The molecule has 2 atom stereocenters. The fourth-order valence-corrected chi connectivity index (χ4v) is 2.58. The van der Waals surface area contributed by atoms with Crippen molar-refractivity contribution in [2.24, 2.45) is 11.7 Å². The Balaban J connectivity index is 2.25. The fourth-order valence-electron chi connectivity index (χ4n) is 2.58. The first-order valence-electron chi connectivity index (χ1n) is 6.52. The lowest BCUT2D eigenvalue weighted by Crippen LogP contribution is -2.45. The van der Waals surface area contributed by atoms with Crippen molar-refractivity contribution in [2.45, 2.75) is 25.8 Å². The van der Waals surface area contributed by atoms with E-state index in [9.17, 15) is 4.79 Å². The Morgan fingerprint density at radius 3 is 2.79 bits per heavy atom. The van der Waals surface area contributed by atoms with Crippen LogP contribution in [-0.4, -0.2) is 25.6 Å². The monoisotopic (exact) mass is 263 g/mol. The molecule has 1 aliphatic heterocycles. The normalized spacial score (nSPS) is 23.2. The number of carbonyl (C=O) groups is 1. The molecular weight excluding hydrogens is 242 g/mol. The van der Waals surface area contributed by atoms with Crippen molar-refractivity contribution in [3.63, 3.8) is 0 Å². The number of amides is 1. The zero-order valence-electron chi connectivity index (χ0n) is 11.4. The Bertz CT molecular complexity index is 476. The third kappa shape index (κ3) is 2.75. The minimum Gasteiger partial charge on any atom is -0.495 e. The van der Waals surface area contributed by atoms with Crippen LogP contribution in [0, 0.1) is 5.92 Å². The highest BCUT2D eigenvalue weighted by Crippen LogP contribution is 2.32. The second kappa shape index (κ2) is 5.38. The van der Waals surface area contributed by atoms with Gasteiger partial charge in [-0.15, -0.1) is 0 Å². The van der Waals surface area contributed by atoms with E-state index in [1.807, 2.05) is 18.2 Å². The largest absolute Gasteiger partial charge is 0.495 e. The number of rotatable bonds is 3. The van der Waals surface area contributed by atoms with Crippen LogP contribution in [0.2, 0.25) is 0 Å². The van der Waals surface area contributed by atoms with Crippen molar-refractivity contribution in [1.29, 1.82) is 0 Å². The summed E-state index contributed by atoms with van der Waals surface area (Å²) in [5.41, 5.74) is 12.9. The van der Waals surface area contributed by atoms with E-state index in [-0.39, 0.29) is 11.8 Å². The Kier molecular flexibility index (Phi) is 3.83. The summed E-state index contributed by atoms with van der Waals surface area (Å²) in [5.74, 6) is 0.352. The highest BCUT2D eigenvalue weighted by atomic mass is 16.5. The number of benzene rings is 1. The van der Waals surface area contributed by atoms with Gasteiger partial charge in [-0.25, -0.2) is 0 Å². The van der Waals surface area contributed by atoms with Gasteiger partial charge in [0.1, 0.15) is 5.75 Å². The van der Waals surface area contributed by atoms with Gasteiger partial charge in [-0.3, -0.25) is 4.79 Å². The molecule has 0 bridgehead atoms. The van der Waals surface area contributed by atoms with Crippen LogP contribution in [0.4, 0.5) is 11.4 Å². The van der Waals surface area contributed by atoms with Gasteiger partial charge in [0.2, 0.25) is 5.91 Å². The number of anilines is 2. The second-order valence-corrected chi connectivity index (χ2v) is 5.10. The summed E-state index contributed by atoms with van der Waals surface area (Å²) in [5, 5.41) is 0. The molecule has 0 aromatic heterocycles. The Labute approximate surface area is 113 Å². The van der Waals surface area contributed by atoms with Gasteiger partial charge in [-0.05, 0) is 31.9 Å². The van der Waals surface area contributed by atoms with Gasteiger partial charge in [0.15, 0.2) is 0 Å². The van der Waals surface area contributed by atoms with E-state index in [4.69, 9.17) is 16.2 Å². The molecule has 19 heavy (non-hydrogen) atoms. The highest BCUT2D eigenvalue weighted by molar-refractivity contribution is 5.78. The van der Waals surface area contributed by atoms with Gasteiger partial charge >= 0.3 is 0 Å². The van der Waals surface area contributed by atoms with Gasteiger partial charge < -0.3 is 21.1 Å². The SMILES string of the molecule is COc1cc(N2CC(C(N)=O)CCC2C)ccc1N. The molecule has 5 heteroatoms. The maximum atomic E-state index is 11.4. The summed E-state index contributed by atoms with van der Waals surface area (Å²) in [6.45, 7) is 2.81. The molecule has 1 amide bonds. The topological polar surface area (TPSA) is 81.6 Å². The van der Waals surface area contributed by atoms with Crippen LogP contribution in [-0.2, 0) is 4.79 Å². The molecular formula is C14H21N3O2. The summed E-state index contributed by atoms with van der Waals surface area (Å²) in [6, 6.07) is 6.07. The van der Waals surface area contributed by atoms with E-state index in [2.05, 4.69) is 11.8 Å². The lowest BCUT2D eigenvalue weighted by molar-refractivity contribution is -0.122. The van der Waals surface area contributed by atoms with Crippen molar-refractivity contribution in [3.8, 4) is 5.75 Å². The van der Waals surface area contributed by atoms with E-state index < -0.39 is 0 Å². The van der Waals surface area contributed by atoms with Gasteiger partial charge in [0, 0.05) is 24.3 Å². The van der Waals surface area contributed by atoms with Crippen LogP contribution >= 0.6 is 0 Å². The molecule has 1 fully saturated rings. The third-order valence-electron chi connectivity index (χ3n) is 3.83. The Hall–Kier alpha value is -1.91. The number of ether oxygens (including phenoxy) is 1. The van der Waals surface area contributed by atoms with Crippen LogP contribution in [0.1, 0.15) is 19.8 Å². The number of piperidine rings is 1. The van der Waals surface area contributed by atoms with Gasteiger partial charge in [0.05, 0.1) is 18.7 Å². The van der Waals surface area contributed by atoms with Crippen LogP contribution in [0.15, 0.2) is 18.2 Å². The molecule has 2 unspecified atom stereocenters. The van der Waals surface area contributed by atoms with Crippen molar-refractivity contribution in [3.05, 3.63) is 18.2 Å². The first-order chi connectivity index (χ1) is 9.02. The molecule has 0 spiro atoms. The zero-order valence-corrected chi connectivity index (χ0v) is 11.4. The fraction of sp³-hybridized carbons (Fsp3) is 0.500. The van der Waals surface area contributed by atoms with E-state index >= 15 is 0 Å². The summed E-state index contributed by atoms with van der Waals surface area (Å²) in [4.78, 5) is 13.6. The van der Waals surface area contributed by atoms with Gasteiger partial charge in [-0.2, -0.15) is 0 Å². The van der Waals surface area contributed by atoms with E-state index in [0.29, 0.717) is 24.0 Å².